The molecule has 0 aromatic heterocycles. The third-order valence-electron chi connectivity index (χ3n) is 2.96. The molecule has 14 heavy (non-hydrogen) atoms. The normalized spacial score (nSPS) is 18.2. The van der Waals surface area contributed by atoms with Crippen molar-refractivity contribution in [2.45, 2.75) is 38.8 Å². The highest BCUT2D eigenvalue weighted by molar-refractivity contribution is 9.10. The fourth-order valence-corrected chi connectivity index (χ4v) is 1.85. The van der Waals surface area contributed by atoms with Gasteiger partial charge in [-0.05, 0) is 43.9 Å². The molecule has 1 aliphatic carbocycles. The Labute approximate surface area is 94.0 Å². The van der Waals surface area contributed by atoms with Crippen molar-refractivity contribution in [2.75, 3.05) is 0 Å². The molecule has 0 bridgehead atoms. The van der Waals surface area contributed by atoms with Gasteiger partial charge in [0.05, 0.1) is 0 Å². The van der Waals surface area contributed by atoms with E-state index in [0.29, 0.717) is 5.54 Å². The minimum Gasteiger partial charge on any atom is -0.307 e. The highest BCUT2D eigenvalue weighted by Gasteiger charge is 2.36. The topological polar surface area (TPSA) is 12.0 Å². The molecule has 2 rings (SSSR count). The molecule has 1 aliphatic rings. The maximum atomic E-state index is 3.58. The molecule has 1 saturated carbocycles. The summed E-state index contributed by atoms with van der Waals surface area (Å²) in [6.07, 6.45) is 2.64. The maximum absolute atomic E-state index is 3.58. The zero-order valence-corrected chi connectivity index (χ0v) is 10.3. The van der Waals surface area contributed by atoms with Crippen molar-refractivity contribution in [3.63, 3.8) is 0 Å². The molecule has 0 radical (unpaired) electrons. The van der Waals surface area contributed by atoms with E-state index in [1.54, 1.807) is 0 Å². The Morgan fingerprint density at radius 2 is 2.14 bits per heavy atom. The first-order valence-corrected chi connectivity index (χ1v) is 5.88. The molecule has 1 fully saturated rings. The molecule has 1 N–H and O–H groups in total. The maximum Gasteiger partial charge on any atom is 0.0210 e. The van der Waals surface area contributed by atoms with Gasteiger partial charge in [0, 0.05) is 16.6 Å². The van der Waals surface area contributed by atoms with E-state index in [2.05, 4.69) is 53.3 Å². The summed E-state index contributed by atoms with van der Waals surface area (Å²) in [5.74, 6) is 0. The van der Waals surface area contributed by atoms with E-state index in [1.165, 1.54) is 28.4 Å². The molecule has 1 aromatic carbocycles. The summed E-state index contributed by atoms with van der Waals surface area (Å²) in [6.45, 7) is 5.38. The Kier molecular flexibility index (Phi) is 2.67. The van der Waals surface area contributed by atoms with Crippen LogP contribution in [0.5, 0.6) is 0 Å². The fraction of sp³-hybridized carbons (Fsp3) is 0.500. The molecule has 0 aliphatic heterocycles. The van der Waals surface area contributed by atoms with Gasteiger partial charge in [-0.2, -0.15) is 0 Å². The van der Waals surface area contributed by atoms with Crippen LogP contribution in [0, 0.1) is 6.92 Å². The van der Waals surface area contributed by atoms with Crippen molar-refractivity contribution in [2.24, 2.45) is 0 Å². The quantitative estimate of drug-likeness (QED) is 0.871. The summed E-state index contributed by atoms with van der Waals surface area (Å²) in [4.78, 5) is 0. The number of halogens is 1. The van der Waals surface area contributed by atoms with Gasteiger partial charge in [0.15, 0.2) is 0 Å². The van der Waals surface area contributed by atoms with E-state index >= 15 is 0 Å². The summed E-state index contributed by atoms with van der Waals surface area (Å²) in [7, 11) is 0. The molecule has 0 unspecified atom stereocenters. The van der Waals surface area contributed by atoms with Crippen LogP contribution >= 0.6 is 15.9 Å². The second kappa shape index (κ2) is 3.67. The molecular formula is C12H16BrN. The second-order valence-electron chi connectivity index (χ2n) is 4.50. The van der Waals surface area contributed by atoms with E-state index in [1.807, 2.05) is 0 Å². The summed E-state index contributed by atoms with van der Waals surface area (Å²) in [5, 5.41) is 3.58. The number of rotatable bonds is 3. The first kappa shape index (κ1) is 10.2. The summed E-state index contributed by atoms with van der Waals surface area (Å²) >= 11 is 3.55. The zero-order chi connectivity index (χ0) is 10.2. The van der Waals surface area contributed by atoms with Crippen molar-refractivity contribution in [1.29, 1.82) is 0 Å². The number of nitrogens with one attached hydrogen (secondary N) is 1. The molecule has 0 spiro atoms. The average molecular weight is 254 g/mol. The van der Waals surface area contributed by atoms with E-state index in [-0.39, 0.29) is 0 Å². The minimum atomic E-state index is 0.428. The predicted octanol–water partition coefficient (Wildman–Crippen LogP) is 3.40. The monoisotopic (exact) mass is 253 g/mol. The Morgan fingerprint density at radius 3 is 2.71 bits per heavy atom. The van der Waals surface area contributed by atoms with Crippen LogP contribution in [0.3, 0.4) is 0 Å². The van der Waals surface area contributed by atoms with Gasteiger partial charge in [0.25, 0.3) is 0 Å². The molecule has 0 heterocycles. The lowest BCUT2D eigenvalue weighted by molar-refractivity contribution is 0.537. The number of hydrogen-bond acceptors (Lipinski definition) is 1. The lowest BCUT2D eigenvalue weighted by Crippen LogP contribution is -2.26. The molecule has 0 amide bonds. The van der Waals surface area contributed by atoms with Crippen molar-refractivity contribution in [1.82, 2.24) is 5.32 Å². The third kappa shape index (κ3) is 2.37. The van der Waals surface area contributed by atoms with Gasteiger partial charge in [-0.1, -0.05) is 28.1 Å². The van der Waals surface area contributed by atoms with Crippen LogP contribution in [0.15, 0.2) is 22.7 Å². The lowest BCUT2D eigenvalue weighted by atomic mass is 10.1. The van der Waals surface area contributed by atoms with Crippen molar-refractivity contribution in [3.8, 4) is 0 Å². The van der Waals surface area contributed by atoms with Gasteiger partial charge in [-0.15, -0.1) is 0 Å². The first-order chi connectivity index (χ1) is 6.59. The van der Waals surface area contributed by atoms with E-state index < -0.39 is 0 Å². The lowest BCUT2D eigenvalue weighted by Gasteiger charge is -2.11. The minimum absolute atomic E-state index is 0.428. The number of benzene rings is 1. The van der Waals surface area contributed by atoms with Crippen LogP contribution in [-0.4, -0.2) is 5.54 Å². The average Bonchev–Trinajstić information content (AvgIpc) is 2.87. The van der Waals surface area contributed by atoms with Crippen LogP contribution in [0.4, 0.5) is 0 Å². The Balaban J connectivity index is 1.99. The highest BCUT2D eigenvalue weighted by atomic mass is 79.9. The number of hydrogen-bond donors (Lipinski definition) is 1. The van der Waals surface area contributed by atoms with Crippen LogP contribution in [-0.2, 0) is 6.54 Å². The summed E-state index contributed by atoms with van der Waals surface area (Å²) in [6, 6.07) is 6.56. The zero-order valence-electron chi connectivity index (χ0n) is 8.73. The predicted molar refractivity (Wildman–Crippen MR) is 63.4 cm³/mol. The van der Waals surface area contributed by atoms with Gasteiger partial charge in [-0.3, -0.25) is 0 Å². The molecular weight excluding hydrogens is 238 g/mol. The van der Waals surface area contributed by atoms with Gasteiger partial charge in [-0.25, -0.2) is 0 Å². The number of aryl methyl sites for hydroxylation is 1. The van der Waals surface area contributed by atoms with Crippen molar-refractivity contribution < 1.29 is 0 Å². The third-order valence-corrected chi connectivity index (χ3v) is 3.81. The van der Waals surface area contributed by atoms with E-state index in [4.69, 9.17) is 0 Å². The van der Waals surface area contributed by atoms with Crippen molar-refractivity contribution in [3.05, 3.63) is 33.8 Å². The SMILES string of the molecule is Cc1ccc(CNC2(C)CC2)cc1Br. The fourth-order valence-electron chi connectivity index (χ4n) is 1.43. The van der Waals surface area contributed by atoms with Gasteiger partial charge < -0.3 is 5.32 Å². The van der Waals surface area contributed by atoms with Crippen LogP contribution in [0.25, 0.3) is 0 Å². The van der Waals surface area contributed by atoms with E-state index in [0.717, 1.165) is 6.54 Å². The standard InChI is InChI=1S/C12H16BrN/c1-9-3-4-10(7-11(9)13)8-14-12(2)5-6-12/h3-4,7,14H,5-6,8H2,1-2H3. The molecule has 2 heteroatoms. The Bertz CT molecular complexity index is 342. The smallest absolute Gasteiger partial charge is 0.0210 e. The molecule has 0 atom stereocenters. The Morgan fingerprint density at radius 1 is 1.43 bits per heavy atom. The Hall–Kier alpha value is -0.340. The first-order valence-electron chi connectivity index (χ1n) is 5.09. The molecule has 1 aromatic rings. The van der Waals surface area contributed by atoms with Crippen LogP contribution in [0.1, 0.15) is 30.9 Å². The molecule has 1 nitrogen and oxygen atoms in total. The van der Waals surface area contributed by atoms with Gasteiger partial charge in [0.1, 0.15) is 0 Å². The van der Waals surface area contributed by atoms with Gasteiger partial charge >= 0.3 is 0 Å². The summed E-state index contributed by atoms with van der Waals surface area (Å²) in [5.41, 5.74) is 3.08. The van der Waals surface area contributed by atoms with Gasteiger partial charge in [0.2, 0.25) is 0 Å². The largest absolute Gasteiger partial charge is 0.307 e. The second-order valence-corrected chi connectivity index (χ2v) is 5.35. The van der Waals surface area contributed by atoms with Crippen LogP contribution in [0.2, 0.25) is 0 Å². The summed E-state index contributed by atoms with van der Waals surface area (Å²) < 4.78 is 1.21. The van der Waals surface area contributed by atoms with Crippen LogP contribution < -0.4 is 5.32 Å². The molecule has 0 saturated heterocycles. The highest BCUT2D eigenvalue weighted by Crippen LogP contribution is 2.34. The van der Waals surface area contributed by atoms with Crippen molar-refractivity contribution >= 4 is 15.9 Å². The van der Waals surface area contributed by atoms with E-state index in [9.17, 15) is 0 Å². The molecule has 76 valence electrons.